The molecule has 0 heterocycles. The first-order valence-electron chi connectivity index (χ1n) is 11.3. The van der Waals surface area contributed by atoms with Gasteiger partial charge >= 0.3 is 0 Å². The van der Waals surface area contributed by atoms with Crippen molar-refractivity contribution in [1.29, 1.82) is 0 Å². The van der Waals surface area contributed by atoms with Gasteiger partial charge in [-0.3, -0.25) is 13.9 Å². The average molecular weight is 508 g/mol. The van der Waals surface area contributed by atoms with Crippen LogP contribution in [0, 0.1) is 13.8 Å². The number of nitrogens with one attached hydrogen (secondary N) is 1. The van der Waals surface area contributed by atoms with Crippen LogP contribution in [0.15, 0.2) is 42.5 Å². The average Bonchev–Trinajstić information content (AvgIpc) is 2.74. The summed E-state index contributed by atoms with van der Waals surface area (Å²) in [6.07, 6.45) is 2.82. The Kier molecular flexibility index (Phi) is 9.94. The van der Waals surface area contributed by atoms with Crippen molar-refractivity contribution in [3.8, 4) is 0 Å². The van der Waals surface area contributed by atoms with Crippen molar-refractivity contribution in [3.05, 3.63) is 64.2 Å². The van der Waals surface area contributed by atoms with E-state index in [4.69, 9.17) is 11.6 Å². The summed E-state index contributed by atoms with van der Waals surface area (Å²) < 4.78 is 26.4. The fourth-order valence-electron chi connectivity index (χ4n) is 3.64. The Bertz CT molecular complexity index is 1100. The lowest BCUT2D eigenvalue weighted by Crippen LogP contribution is -2.51. The topological polar surface area (TPSA) is 86.8 Å². The summed E-state index contributed by atoms with van der Waals surface area (Å²) in [6, 6.07) is 11.6. The number of unbranched alkanes of at least 4 members (excludes halogenated alkanes) is 1. The molecular formula is C25H34ClN3O4S. The Balaban J connectivity index is 2.39. The maximum atomic E-state index is 13.5. The summed E-state index contributed by atoms with van der Waals surface area (Å²) in [7, 11) is -3.77. The lowest BCUT2D eigenvalue weighted by Gasteiger charge is -2.32. The van der Waals surface area contributed by atoms with Crippen LogP contribution >= 0.6 is 11.6 Å². The molecule has 2 rings (SSSR count). The highest BCUT2D eigenvalue weighted by atomic mass is 35.5. The third-order valence-electron chi connectivity index (χ3n) is 5.47. The number of anilines is 1. The molecule has 7 nitrogen and oxygen atoms in total. The van der Waals surface area contributed by atoms with Gasteiger partial charge in [0.05, 0.1) is 11.9 Å². The van der Waals surface area contributed by atoms with Crippen LogP contribution in [0.25, 0.3) is 0 Å². The van der Waals surface area contributed by atoms with Crippen LogP contribution in [0.2, 0.25) is 5.02 Å². The number of hydrogen-bond acceptors (Lipinski definition) is 4. The molecule has 0 unspecified atom stereocenters. The van der Waals surface area contributed by atoms with Crippen molar-refractivity contribution in [2.45, 2.75) is 53.1 Å². The maximum absolute atomic E-state index is 13.5. The number of carbonyl (C=O) groups is 2. The first kappa shape index (κ1) is 27.7. The van der Waals surface area contributed by atoms with Gasteiger partial charge in [-0.25, -0.2) is 8.42 Å². The third-order valence-corrected chi connectivity index (χ3v) is 6.98. The summed E-state index contributed by atoms with van der Waals surface area (Å²) in [4.78, 5) is 27.7. The molecule has 186 valence electrons. The number of halogens is 1. The molecule has 2 aromatic rings. The number of benzene rings is 2. The van der Waals surface area contributed by atoms with E-state index in [-0.39, 0.29) is 12.5 Å². The fraction of sp³-hybridized carbons (Fsp3) is 0.440. The zero-order valence-electron chi connectivity index (χ0n) is 20.5. The Morgan fingerprint density at radius 2 is 1.71 bits per heavy atom. The Labute approximate surface area is 208 Å². The van der Waals surface area contributed by atoms with Gasteiger partial charge in [0, 0.05) is 18.1 Å². The molecule has 9 heteroatoms. The first-order chi connectivity index (χ1) is 15.9. The molecule has 0 aliphatic rings. The summed E-state index contributed by atoms with van der Waals surface area (Å²) in [5.41, 5.74) is 2.84. The van der Waals surface area contributed by atoms with Crippen molar-refractivity contribution >= 4 is 39.1 Å². The van der Waals surface area contributed by atoms with Gasteiger partial charge < -0.3 is 10.2 Å². The molecule has 2 amide bonds. The molecule has 0 aliphatic carbocycles. The molecule has 1 atom stereocenters. The van der Waals surface area contributed by atoms with Gasteiger partial charge in [-0.2, -0.15) is 0 Å². The van der Waals surface area contributed by atoms with Gasteiger partial charge in [0.1, 0.15) is 12.6 Å². The highest BCUT2D eigenvalue weighted by Gasteiger charge is 2.30. The molecule has 0 bridgehead atoms. The molecule has 2 aromatic carbocycles. The smallest absolute Gasteiger partial charge is 0.244 e. The highest BCUT2D eigenvalue weighted by Crippen LogP contribution is 2.23. The molecule has 0 aliphatic heterocycles. The van der Waals surface area contributed by atoms with E-state index in [1.54, 1.807) is 43.3 Å². The lowest BCUT2D eigenvalue weighted by molar-refractivity contribution is -0.139. The molecule has 1 N–H and O–H groups in total. The first-order valence-corrected chi connectivity index (χ1v) is 13.5. The largest absolute Gasteiger partial charge is 0.354 e. The molecule has 0 aromatic heterocycles. The number of sulfonamides is 1. The van der Waals surface area contributed by atoms with Crippen LogP contribution in [0.1, 0.15) is 43.4 Å². The van der Waals surface area contributed by atoms with Crippen molar-refractivity contribution in [2.75, 3.05) is 23.7 Å². The Hall–Kier alpha value is -2.58. The second-order valence-electron chi connectivity index (χ2n) is 8.55. The third kappa shape index (κ3) is 7.74. The van der Waals surface area contributed by atoms with E-state index in [1.165, 1.54) is 4.90 Å². The monoisotopic (exact) mass is 507 g/mol. The summed E-state index contributed by atoms with van der Waals surface area (Å²) in [6.45, 7) is 7.54. The fourth-order valence-corrected chi connectivity index (χ4v) is 4.67. The van der Waals surface area contributed by atoms with E-state index in [0.717, 1.165) is 34.5 Å². The summed E-state index contributed by atoms with van der Waals surface area (Å²) in [5, 5.41) is 3.32. The van der Waals surface area contributed by atoms with Crippen LogP contribution < -0.4 is 9.62 Å². The van der Waals surface area contributed by atoms with Gasteiger partial charge in [-0.15, -0.1) is 0 Å². The number of rotatable bonds is 11. The van der Waals surface area contributed by atoms with Crippen LogP contribution in [0.3, 0.4) is 0 Å². The highest BCUT2D eigenvalue weighted by molar-refractivity contribution is 7.92. The molecule has 0 saturated heterocycles. The van der Waals surface area contributed by atoms with Crippen LogP contribution in [0.4, 0.5) is 5.69 Å². The molecule has 34 heavy (non-hydrogen) atoms. The lowest BCUT2D eigenvalue weighted by atomic mass is 10.1. The predicted molar refractivity (Wildman–Crippen MR) is 137 cm³/mol. The molecule has 0 spiro atoms. The van der Waals surface area contributed by atoms with Crippen molar-refractivity contribution in [3.63, 3.8) is 0 Å². The molecule has 0 saturated carbocycles. The maximum Gasteiger partial charge on any atom is 0.244 e. The second kappa shape index (κ2) is 12.2. The van der Waals surface area contributed by atoms with Crippen molar-refractivity contribution in [1.82, 2.24) is 10.2 Å². The molecule has 0 fully saturated rings. The quantitative estimate of drug-likeness (QED) is 0.465. The Morgan fingerprint density at radius 1 is 1.09 bits per heavy atom. The standard InChI is InChI=1S/C25H34ClN3O4S/c1-6-7-12-27-25(31)20(4)28(16-21-10-8-9-11-23(21)26)24(30)17-29(34(5,32)33)22-14-18(2)13-19(3)15-22/h8-11,13-15,20H,6-7,12,16-17H2,1-5H3,(H,27,31)/t20-/m1/s1. The number of hydrogen-bond donors (Lipinski definition) is 1. The minimum Gasteiger partial charge on any atom is -0.354 e. The zero-order valence-corrected chi connectivity index (χ0v) is 22.0. The van der Waals surface area contributed by atoms with Gasteiger partial charge in [0.25, 0.3) is 0 Å². The number of nitrogens with zero attached hydrogens (tertiary/aromatic N) is 2. The normalized spacial score (nSPS) is 12.2. The van der Waals surface area contributed by atoms with Gasteiger partial charge in [0.15, 0.2) is 0 Å². The van der Waals surface area contributed by atoms with E-state index < -0.39 is 28.5 Å². The van der Waals surface area contributed by atoms with Crippen LogP contribution in [0.5, 0.6) is 0 Å². The van der Waals surface area contributed by atoms with Crippen LogP contribution in [-0.2, 0) is 26.2 Å². The zero-order chi connectivity index (χ0) is 25.5. The predicted octanol–water partition coefficient (Wildman–Crippen LogP) is 4.06. The Morgan fingerprint density at radius 3 is 2.26 bits per heavy atom. The van der Waals surface area contributed by atoms with Gasteiger partial charge in [-0.1, -0.05) is 49.2 Å². The van der Waals surface area contributed by atoms with Gasteiger partial charge in [-0.05, 0) is 62.1 Å². The molecular weight excluding hydrogens is 474 g/mol. The van der Waals surface area contributed by atoms with E-state index in [9.17, 15) is 18.0 Å². The van der Waals surface area contributed by atoms with Gasteiger partial charge in [0.2, 0.25) is 21.8 Å². The SMILES string of the molecule is CCCCNC(=O)[C@@H](C)N(Cc1ccccc1Cl)C(=O)CN(c1cc(C)cc(C)c1)S(C)(=O)=O. The number of aryl methyl sites for hydroxylation is 2. The second-order valence-corrected chi connectivity index (χ2v) is 10.9. The van der Waals surface area contributed by atoms with E-state index in [0.29, 0.717) is 22.8 Å². The van der Waals surface area contributed by atoms with Crippen molar-refractivity contribution < 1.29 is 18.0 Å². The minimum absolute atomic E-state index is 0.0747. The molecule has 0 radical (unpaired) electrons. The van der Waals surface area contributed by atoms with E-state index in [1.807, 2.05) is 26.8 Å². The summed E-state index contributed by atoms with van der Waals surface area (Å²) >= 11 is 6.32. The number of amides is 2. The van der Waals surface area contributed by atoms with E-state index >= 15 is 0 Å². The van der Waals surface area contributed by atoms with E-state index in [2.05, 4.69) is 5.32 Å². The summed E-state index contributed by atoms with van der Waals surface area (Å²) in [5.74, 6) is -0.797. The van der Waals surface area contributed by atoms with Crippen LogP contribution in [-0.4, -0.2) is 50.5 Å². The minimum atomic E-state index is -3.77. The number of carbonyl (C=O) groups excluding carboxylic acids is 2. The van der Waals surface area contributed by atoms with Crippen molar-refractivity contribution in [2.24, 2.45) is 0 Å².